The zero-order valence-corrected chi connectivity index (χ0v) is 12.8. The Hall–Kier alpha value is -0.810. The van der Waals surface area contributed by atoms with Gasteiger partial charge >= 0.3 is 6.09 Å². The molecule has 1 unspecified atom stereocenters. The Balaban J connectivity index is 1.84. The number of nitrogens with zero attached hydrogens (tertiary/aromatic N) is 2. The van der Waals surface area contributed by atoms with Crippen molar-refractivity contribution in [2.75, 3.05) is 26.7 Å². The van der Waals surface area contributed by atoms with Crippen LogP contribution in [0.4, 0.5) is 4.79 Å². The predicted molar refractivity (Wildman–Crippen MR) is 77.8 cm³/mol. The number of likely N-dealkylation sites (tertiary alicyclic amines) is 1. The molecule has 116 valence electrons. The summed E-state index contributed by atoms with van der Waals surface area (Å²) in [4.78, 5) is 14.9. The van der Waals surface area contributed by atoms with Crippen LogP contribution in [0.15, 0.2) is 0 Å². The van der Waals surface area contributed by atoms with E-state index in [1.807, 2.05) is 0 Å². The van der Waals surface area contributed by atoms with Crippen molar-refractivity contribution in [1.82, 2.24) is 9.80 Å². The van der Waals surface area contributed by atoms with E-state index >= 15 is 0 Å². The molecule has 2 fully saturated rings. The second kappa shape index (κ2) is 7.27. The minimum absolute atomic E-state index is 0.187. The third-order valence-corrected chi connectivity index (χ3v) is 4.74. The van der Waals surface area contributed by atoms with Crippen LogP contribution in [-0.2, 0) is 4.74 Å². The molecule has 1 aliphatic carbocycles. The molecule has 1 N–H and O–H groups in total. The van der Waals surface area contributed by atoms with Crippen LogP contribution in [0.5, 0.6) is 0 Å². The van der Waals surface area contributed by atoms with Gasteiger partial charge in [0.15, 0.2) is 0 Å². The van der Waals surface area contributed by atoms with Crippen LogP contribution in [0.2, 0.25) is 0 Å². The van der Waals surface area contributed by atoms with Gasteiger partial charge in [-0.2, -0.15) is 0 Å². The Labute approximate surface area is 121 Å². The molecule has 1 heterocycles. The van der Waals surface area contributed by atoms with Gasteiger partial charge in [0, 0.05) is 32.8 Å². The maximum Gasteiger partial charge on any atom is 0.407 e. The quantitative estimate of drug-likeness (QED) is 0.814. The summed E-state index contributed by atoms with van der Waals surface area (Å²) in [5.41, 5.74) is 0. The predicted octanol–water partition coefficient (Wildman–Crippen LogP) is 2.61. The molecular formula is C15H28N2O3. The fourth-order valence-electron chi connectivity index (χ4n) is 3.30. The van der Waals surface area contributed by atoms with Gasteiger partial charge in [-0.25, -0.2) is 4.79 Å². The number of hydrogen-bond acceptors (Lipinski definition) is 3. The minimum Gasteiger partial charge on any atom is -0.465 e. The van der Waals surface area contributed by atoms with E-state index in [4.69, 9.17) is 9.84 Å². The first-order chi connectivity index (χ1) is 9.63. The molecular weight excluding hydrogens is 256 g/mol. The SMILES string of the molecule is CCCOC(C1CCC(N(C)C(=O)O)CC1)N1CCC1. The topological polar surface area (TPSA) is 53.0 Å². The Morgan fingerprint density at radius 2 is 2.00 bits per heavy atom. The van der Waals surface area contributed by atoms with E-state index in [1.54, 1.807) is 7.05 Å². The van der Waals surface area contributed by atoms with Crippen LogP contribution in [0, 0.1) is 5.92 Å². The van der Waals surface area contributed by atoms with Crippen molar-refractivity contribution >= 4 is 6.09 Å². The van der Waals surface area contributed by atoms with E-state index in [2.05, 4.69) is 11.8 Å². The zero-order valence-electron chi connectivity index (χ0n) is 12.8. The molecule has 0 aromatic carbocycles. The lowest BCUT2D eigenvalue weighted by Crippen LogP contribution is -2.51. The third kappa shape index (κ3) is 3.64. The number of rotatable bonds is 6. The van der Waals surface area contributed by atoms with Crippen molar-refractivity contribution in [3.05, 3.63) is 0 Å². The lowest BCUT2D eigenvalue weighted by molar-refractivity contribution is -0.126. The van der Waals surface area contributed by atoms with E-state index in [9.17, 15) is 4.79 Å². The van der Waals surface area contributed by atoms with E-state index in [0.29, 0.717) is 5.92 Å². The summed E-state index contributed by atoms with van der Waals surface area (Å²) in [5.74, 6) is 0.570. The van der Waals surface area contributed by atoms with Crippen molar-refractivity contribution in [1.29, 1.82) is 0 Å². The Morgan fingerprint density at radius 3 is 2.45 bits per heavy atom. The van der Waals surface area contributed by atoms with Crippen LogP contribution in [0.1, 0.15) is 45.4 Å². The molecule has 2 aliphatic rings. The van der Waals surface area contributed by atoms with Crippen molar-refractivity contribution in [2.24, 2.45) is 5.92 Å². The lowest BCUT2D eigenvalue weighted by atomic mass is 9.83. The zero-order chi connectivity index (χ0) is 14.5. The summed E-state index contributed by atoms with van der Waals surface area (Å²) >= 11 is 0. The summed E-state index contributed by atoms with van der Waals surface area (Å²) in [7, 11) is 1.69. The second-order valence-electron chi connectivity index (χ2n) is 6.11. The molecule has 1 saturated carbocycles. The molecule has 2 rings (SSSR count). The molecule has 5 nitrogen and oxygen atoms in total. The molecule has 0 radical (unpaired) electrons. The first-order valence-electron chi connectivity index (χ1n) is 7.95. The standard InChI is InChI=1S/C15H28N2O3/c1-3-11-20-14(17-9-4-10-17)12-5-7-13(8-6-12)16(2)15(18)19/h12-14H,3-11H2,1-2H3,(H,18,19). The maximum absolute atomic E-state index is 11.0. The Kier molecular flexibility index (Phi) is 5.66. The largest absolute Gasteiger partial charge is 0.465 e. The van der Waals surface area contributed by atoms with Gasteiger partial charge in [0.25, 0.3) is 0 Å². The van der Waals surface area contributed by atoms with Crippen LogP contribution in [-0.4, -0.2) is 60.0 Å². The average molecular weight is 284 g/mol. The summed E-state index contributed by atoms with van der Waals surface area (Å²) in [6.45, 7) is 5.29. The fraction of sp³-hybridized carbons (Fsp3) is 0.933. The average Bonchev–Trinajstić information content (AvgIpc) is 2.40. The van der Waals surface area contributed by atoms with Gasteiger partial charge in [-0.3, -0.25) is 4.90 Å². The van der Waals surface area contributed by atoms with Crippen LogP contribution in [0.25, 0.3) is 0 Å². The van der Waals surface area contributed by atoms with Gasteiger partial charge in [-0.1, -0.05) is 6.92 Å². The van der Waals surface area contributed by atoms with Crippen LogP contribution in [0.3, 0.4) is 0 Å². The van der Waals surface area contributed by atoms with Crippen molar-refractivity contribution < 1.29 is 14.6 Å². The number of ether oxygens (including phenoxy) is 1. The highest BCUT2D eigenvalue weighted by atomic mass is 16.5. The highest BCUT2D eigenvalue weighted by Gasteiger charge is 2.35. The maximum atomic E-state index is 11.0. The van der Waals surface area contributed by atoms with Gasteiger partial charge in [-0.05, 0) is 44.4 Å². The fourth-order valence-corrected chi connectivity index (χ4v) is 3.30. The number of amides is 1. The summed E-state index contributed by atoms with van der Waals surface area (Å²) < 4.78 is 6.07. The molecule has 5 heteroatoms. The van der Waals surface area contributed by atoms with Gasteiger partial charge < -0.3 is 14.7 Å². The van der Waals surface area contributed by atoms with Gasteiger partial charge in [0.2, 0.25) is 0 Å². The van der Waals surface area contributed by atoms with Crippen molar-refractivity contribution in [2.45, 2.75) is 57.7 Å². The molecule has 0 aromatic rings. The molecule has 20 heavy (non-hydrogen) atoms. The minimum atomic E-state index is -0.810. The second-order valence-corrected chi connectivity index (χ2v) is 6.11. The van der Waals surface area contributed by atoms with Crippen LogP contribution < -0.4 is 0 Å². The summed E-state index contributed by atoms with van der Waals surface area (Å²) in [6, 6.07) is 0.187. The van der Waals surface area contributed by atoms with Crippen LogP contribution >= 0.6 is 0 Å². The molecule has 1 aliphatic heterocycles. The van der Waals surface area contributed by atoms with Crippen molar-refractivity contribution in [3.8, 4) is 0 Å². The van der Waals surface area contributed by atoms with Gasteiger partial charge in [0.1, 0.15) is 6.23 Å². The smallest absolute Gasteiger partial charge is 0.407 e. The molecule has 0 aromatic heterocycles. The molecule has 0 spiro atoms. The Morgan fingerprint density at radius 1 is 1.35 bits per heavy atom. The monoisotopic (exact) mass is 284 g/mol. The van der Waals surface area contributed by atoms with Gasteiger partial charge in [0.05, 0.1) is 0 Å². The van der Waals surface area contributed by atoms with E-state index < -0.39 is 6.09 Å². The van der Waals surface area contributed by atoms with Crippen molar-refractivity contribution in [3.63, 3.8) is 0 Å². The summed E-state index contributed by atoms with van der Waals surface area (Å²) in [6.07, 6.45) is 5.88. The third-order valence-electron chi connectivity index (χ3n) is 4.74. The highest BCUT2D eigenvalue weighted by molar-refractivity contribution is 5.64. The summed E-state index contributed by atoms with van der Waals surface area (Å²) in [5, 5.41) is 9.05. The molecule has 1 saturated heterocycles. The molecule has 0 bridgehead atoms. The number of carboxylic acid groups (broad SMARTS) is 1. The Bertz CT molecular complexity index is 312. The number of hydrogen-bond donors (Lipinski definition) is 1. The molecule has 1 atom stereocenters. The van der Waals surface area contributed by atoms with E-state index in [1.165, 1.54) is 11.3 Å². The first kappa shape index (κ1) is 15.6. The highest BCUT2D eigenvalue weighted by Crippen LogP contribution is 2.33. The van der Waals surface area contributed by atoms with E-state index in [-0.39, 0.29) is 12.3 Å². The number of carbonyl (C=O) groups is 1. The van der Waals surface area contributed by atoms with E-state index in [0.717, 1.165) is 51.8 Å². The first-order valence-corrected chi connectivity index (χ1v) is 7.95. The van der Waals surface area contributed by atoms with Gasteiger partial charge in [-0.15, -0.1) is 0 Å². The lowest BCUT2D eigenvalue weighted by Gasteiger charge is -2.44. The molecule has 1 amide bonds. The normalized spacial score (nSPS) is 28.7.